The summed E-state index contributed by atoms with van der Waals surface area (Å²) < 4.78 is 5.87. The van der Waals surface area contributed by atoms with Crippen molar-refractivity contribution in [1.29, 1.82) is 0 Å². The Labute approximate surface area is 120 Å². The van der Waals surface area contributed by atoms with Crippen molar-refractivity contribution in [2.24, 2.45) is 0 Å². The van der Waals surface area contributed by atoms with E-state index in [0.29, 0.717) is 0 Å². The number of benzene rings is 1. The van der Waals surface area contributed by atoms with Gasteiger partial charge in [0, 0.05) is 24.0 Å². The number of rotatable bonds is 4. The Bertz CT molecular complexity index is 595. The van der Waals surface area contributed by atoms with E-state index in [4.69, 9.17) is 4.74 Å². The van der Waals surface area contributed by atoms with Crippen molar-refractivity contribution in [2.75, 3.05) is 18.5 Å². The van der Waals surface area contributed by atoms with Crippen molar-refractivity contribution in [1.82, 2.24) is 4.98 Å². The fourth-order valence-electron chi connectivity index (χ4n) is 2.55. The first-order valence-electron chi connectivity index (χ1n) is 7.33. The smallest absolute Gasteiger partial charge is 0.131 e. The molecule has 3 nitrogen and oxygen atoms in total. The Morgan fingerprint density at radius 1 is 1.30 bits per heavy atom. The minimum atomic E-state index is 0.803. The largest absolute Gasteiger partial charge is 0.493 e. The van der Waals surface area contributed by atoms with Crippen molar-refractivity contribution in [3.8, 4) is 17.0 Å². The summed E-state index contributed by atoms with van der Waals surface area (Å²) in [5.74, 6) is 1.01. The van der Waals surface area contributed by atoms with Gasteiger partial charge in [-0.25, -0.2) is 0 Å². The summed E-state index contributed by atoms with van der Waals surface area (Å²) in [5.41, 5.74) is 4.49. The zero-order valence-electron chi connectivity index (χ0n) is 11.9. The second-order valence-electron chi connectivity index (χ2n) is 5.10. The summed E-state index contributed by atoms with van der Waals surface area (Å²) in [6.07, 6.45) is 5.16. The number of nitrogens with one attached hydrogen (secondary N) is 1. The Hall–Kier alpha value is -2.03. The van der Waals surface area contributed by atoms with Crippen LogP contribution in [0.15, 0.2) is 36.5 Å². The van der Waals surface area contributed by atoms with Crippen LogP contribution < -0.4 is 10.1 Å². The number of ether oxygens (including phenoxy) is 1. The molecule has 0 saturated carbocycles. The topological polar surface area (TPSA) is 34.2 Å². The first-order chi connectivity index (χ1) is 9.88. The van der Waals surface area contributed by atoms with E-state index in [9.17, 15) is 0 Å². The molecule has 0 unspecified atom stereocenters. The van der Waals surface area contributed by atoms with Crippen LogP contribution in [-0.4, -0.2) is 18.1 Å². The van der Waals surface area contributed by atoms with Gasteiger partial charge in [-0.15, -0.1) is 0 Å². The SMILES string of the molecule is CCCNc1ccnc(-c2cccc3c2OCCC3)c1. The monoisotopic (exact) mass is 268 g/mol. The molecule has 1 aromatic heterocycles. The van der Waals surface area contributed by atoms with Gasteiger partial charge in [-0.1, -0.05) is 19.1 Å². The second-order valence-corrected chi connectivity index (χ2v) is 5.10. The summed E-state index contributed by atoms with van der Waals surface area (Å²) in [5, 5.41) is 3.40. The molecule has 0 radical (unpaired) electrons. The van der Waals surface area contributed by atoms with Crippen LogP contribution in [0, 0.1) is 0 Å². The third kappa shape index (κ3) is 2.62. The molecule has 0 spiro atoms. The molecule has 2 heterocycles. The third-order valence-corrected chi connectivity index (χ3v) is 3.55. The van der Waals surface area contributed by atoms with Crippen LogP contribution in [0.1, 0.15) is 25.3 Å². The lowest BCUT2D eigenvalue weighted by Crippen LogP contribution is -2.09. The van der Waals surface area contributed by atoms with Gasteiger partial charge in [-0.3, -0.25) is 4.98 Å². The van der Waals surface area contributed by atoms with E-state index in [2.05, 4.69) is 41.5 Å². The maximum absolute atomic E-state index is 5.87. The molecule has 1 aliphatic rings. The predicted octanol–water partition coefficient (Wildman–Crippen LogP) is 3.90. The number of nitrogens with zero attached hydrogens (tertiary/aromatic N) is 1. The highest BCUT2D eigenvalue weighted by Gasteiger charge is 2.16. The molecule has 104 valence electrons. The molecule has 1 aromatic carbocycles. The van der Waals surface area contributed by atoms with Crippen LogP contribution in [0.25, 0.3) is 11.3 Å². The van der Waals surface area contributed by atoms with Crippen LogP contribution in [0.4, 0.5) is 5.69 Å². The highest BCUT2D eigenvalue weighted by atomic mass is 16.5. The molecule has 3 rings (SSSR count). The predicted molar refractivity (Wildman–Crippen MR) is 82.3 cm³/mol. The van der Waals surface area contributed by atoms with E-state index in [1.165, 1.54) is 5.56 Å². The fourth-order valence-corrected chi connectivity index (χ4v) is 2.55. The number of hydrogen-bond donors (Lipinski definition) is 1. The van der Waals surface area contributed by atoms with E-state index in [0.717, 1.165) is 55.1 Å². The molecule has 0 atom stereocenters. The number of para-hydroxylation sites is 1. The Kier molecular flexibility index (Phi) is 3.86. The molecule has 1 aliphatic heterocycles. The fraction of sp³-hybridized carbons (Fsp3) is 0.353. The Morgan fingerprint density at radius 3 is 3.15 bits per heavy atom. The average Bonchev–Trinajstić information content (AvgIpc) is 2.52. The van der Waals surface area contributed by atoms with E-state index >= 15 is 0 Å². The van der Waals surface area contributed by atoms with E-state index in [-0.39, 0.29) is 0 Å². The zero-order valence-corrected chi connectivity index (χ0v) is 11.9. The first kappa shape index (κ1) is 13.0. The number of fused-ring (bicyclic) bond motifs is 1. The van der Waals surface area contributed by atoms with Gasteiger partial charge >= 0.3 is 0 Å². The molecule has 20 heavy (non-hydrogen) atoms. The summed E-state index contributed by atoms with van der Waals surface area (Å²) in [7, 11) is 0. The van der Waals surface area contributed by atoms with Crippen LogP contribution in [0.5, 0.6) is 5.75 Å². The van der Waals surface area contributed by atoms with Gasteiger partial charge in [-0.2, -0.15) is 0 Å². The molecule has 0 bridgehead atoms. The van der Waals surface area contributed by atoms with Gasteiger partial charge in [0.15, 0.2) is 0 Å². The summed E-state index contributed by atoms with van der Waals surface area (Å²) in [4.78, 5) is 4.51. The van der Waals surface area contributed by atoms with E-state index < -0.39 is 0 Å². The third-order valence-electron chi connectivity index (χ3n) is 3.55. The van der Waals surface area contributed by atoms with Crippen molar-refractivity contribution >= 4 is 5.69 Å². The number of aromatic nitrogens is 1. The van der Waals surface area contributed by atoms with Gasteiger partial charge in [-0.05, 0) is 43.0 Å². The zero-order chi connectivity index (χ0) is 13.8. The average molecular weight is 268 g/mol. The maximum Gasteiger partial charge on any atom is 0.131 e. The lowest BCUT2D eigenvalue weighted by Gasteiger charge is -2.20. The normalized spacial score (nSPS) is 13.4. The highest BCUT2D eigenvalue weighted by Crippen LogP contribution is 2.35. The molecule has 0 saturated heterocycles. The molecular formula is C17H20N2O. The van der Waals surface area contributed by atoms with Crippen LogP contribution >= 0.6 is 0 Å². The minimum Gasteiger partial charge on any atom is -0.493 e. The Balaban J connectivity index is 1.96. The standard InChI is InChI=1S/C17H20N2O/c1-2-9-18-14-8-10-19-16(12-14)15-7-3-5-13-6-4-11-20-17(13)15/h3,5,7-8,10,12H,2,4,6,9,11H2,1H3,(H,18,19). The van der Waals surface area contributed by atoms with Crippen molar-refractivity contribution in [3.63, 3.8) is 0 Å². The summed E-state index contributed by atoms with van der Waals surface area (Å²) >= 11 is 0. The summed E-state index contributed by atoms with van der Waals surface area (Å²) in [6.45, 7) is 3.95. The van der Waals surface area contributed by atoms with E-state index in [1.54, 1.807) is 0 Å². The lowest BCUT2D eigenvalue weighted by molar-refractivity contribution is 0.289. The number of anilines is 1. The first-order valence-corrected chi connectivity index (χ1v) is 7.33. The quantitative estimate of drug-likeness (QED) is 0.913. The van der Waals surface area contributed by atoms with Crippen molar-refractivity contribution < 1.29 is 4.74 Å². The lowest BCUT2D eigenvalue weighted by atomic mass is 10.0. The molecule has 0 amide bonds. The molecule has 0 aliphatic carbocycles. The number of pyridine rings is 1. The van der Waals surface area contributed by atoms with Crippen LogP contribution in [0.2, 0.25) is 0 Å². The molecular weight excluding hydrogens is 248 g/mol. The van der Waals surface area contributed by atoms with Gasteiger partial charge in [0.25, 0.3) is 0 Å². The Morgan fingerprint density at radius 2 is 2.25 bits per heavy atom. The second kappa shape index (κ2) is 5.95. The van der Waals surface area contributed by atoms with E-state index in [1.807, 2.05) is 12.3 Å². The van der Waals surface area contributed by atoms with Crippen LogP contribution in [-0.2, 0) is 6.42 Å². The number of hydrogen-bond acceptors (Lipinski definition) is 3. The van der Waals surface area contributed by atoms with Crippen LogP contribution in [0.3, 0.4) is 0 Å². The number of aryl methyl sites for hydroxylation is 1. The molecule has 0 fully saturated rings. The maximum atomic E-state index is 5.87. The molecule has 3 heteroatoms. The van der Waals surface area contributed by atoms with Crippen molar-refractivity contribution in [2.45, 2.75) is 26.2 Å². The highest BCUT2D eigenvalue weighted by molar-refractivity contribution is 5.72. The van der Waals surface area contributed by atoms with Gasteiger partial charge in [0.05, 0.1) is 12.3 Å². The van der Waals surface area contributed by atoms with Gasteiger partial charge in [0.1, 0.15) is 5.75 Å². The van der Waals surface area contributed by atoms with Gasteiger partial charge < -0.3 is 10.1 Å². The molecule has 2 aromatic rings. The van der Waals surface area contributed by atoms with Crippen molar-refractivity contribution in [3.05, 3.63) is 42.1 Å². The minimum absolute atomic E-state index is 0.803. The van der Waals surface area contributed by atoms with Gasteiger partial charge in [0.2, 0.25) is 0 Å². The summed E-state index contributed by atoms with van der Waals surface area (Å²) in [6, 6.07) is 10.4. The molecule has 1 N–H and O–H groups in total.